The number of aromatic nitrogens is 1. The molecule has 1 aromatic heterocycles. The van der Waals surface area contributed by atoms with Crippen LogP contribution in [0.3, 0.4) is 0 Å². The zero-order valence-electron chi connectivity index (χ0n) is 13.6. The van der Waals surface area contributed by atoms with E-state index in [1.165, 1.54) is 6.42 Å². The van der Waals surface area contributed by atoms with Crippen LogP contribution >= 0.6 is 0 Å². The van der Waals surface area contributed by atoms with E-state index in [1.54, 1.807) is 13.0 Å². The molecule has 1 aromatic rings. The molecular formula is C16H24N4O3. The zero-order chi connectivity index (χ0) is 16.2. The van der Waals surface area contributed by atoms with Crippen LogP contribution in [0.5, 0.6) is 0 Å². The molecule has 23 heavy (non-hydrogen) atoms. The van der Waals surface area contributed by atoms with Crippen LogP contribution in [0.1, 0.15) is 31.4 Å². The summed E-state index contributed by atoms with van der Waals surface area (Å²) in [6, 6.07) is 1.70. The molecule has 1 aliphatic carbocycles. The third kappa shape index (κ3) is 4.10. The van der Waals surface area contributed by atoms with E-state index in [0.29, 0.717) is 30.5 Å². The maximum Gasteiger partial charge on any atom is 0.226 e. The topological polar surface area (TPSA) is 78.7 Å². The molecular weight excluding hydrogens is 296 g/mol. The third-order valence-electron chi connectivity index (χ3n) is 4.69. The van der Waals surface area contributed by atoms with Crippen LogP contribution in [0, 0.1) is 12.8 Å². The first-order valence-corrected chi connectivity index (χ1v) is 8.36. The van der Waals surface area contributed by atoms with Gasteiger partial charge < -0.3 is 14.7 Å². The molecule has 1 saturated heterocycles. The average molecular weight is 320 g/mol. The van der Waals surface area contributed by atoms with Crippen LogP contribution in [0.15, 0.2) is 10.6 Å². The van der Waals surface area contributed by atoms with Crippen LogP contribution < -0.4 is 5.32 Å². The van der Waals surface area contributed by atoms with Gasteiger partial charge in [0.1, 0.15) is 5.76 Å². The molecule has 2 aliphatic rings. The second-order valence-electron chi connectivity index (χ2n) is 6.42. The Morgan fingerprint density at radius 3 is 2.61 bits per heavy atom. The Bertz CT molecular complexity index is 559. The number of piperazine rings is 1. The lowest BCUT2D eigenvalue weighted by atomic mass is 9.84. The fourth-order valence-corrected chi connectivity index (χ4v) is 3.00. The van der Waals surface area contributed by atoms with E-state index in [4.69, 9.17) is 4.52 Å². The van der Waals surface area contributed by atoms with Crippen molar-refractivity contribution in [3.8, 4) is 0 Å². The number of nitrogens with one attached hydrogen (secondary N) is 1. The van der Waals surface area contributed by atoms with Crippen LogP contribution in [0.4, 0.5) is 5.82 Å². The minimum absolute atomic E-state index is 0.0636. The summed E-state index contributed by atoms with van der Waals surface area (Å²) in [6.07, 6.45) is 3.72. The molecule has 1 saturated carbocycles. The Hall–Kier alpha value is -1.89. The molecule has 2 heterocycles. The molecule has 7 heteroatoms. The van der Waals surface area contributed by atoms with E-state index in [2.05, 4.69) is 15.4 Å². The van der Waals surface area contributed by atoms with Crippen molar-refractivity contribution in [2.45, 2.75) is 32.6 Å². The summed E-state index contributed by atoms with van der Waals surface area (Å²) in [5.74, 6) is 1.68. The Labute approximate surface area is 136 Å². The van der Waals surface area contributed by atoms with Crippen LogP contribution in [-0.2, 0) is 9.59 Å². The van der Waals surface area contributed by atoms with Gasteiger partial charge in [-0.1, -0.05) is 11.6 Å². The highest BCUT2D eigenvalue weighted by Crippen LogP contribution is 2.28. The first-order valence-electron chi connectivity index (χ1n) is 8.36. The predicted octanol–water partition coefficient (Wildman–Crippen LogP) is 1.26. The molecule has 2 fully saturated rings. The van der Waals surface area contributed by atoms with Gasteiger partial charge in [0.25, 0.3) is 0 Å². The van der Waals surface area contributed by atoms with E-state index in [9.17, 15) is 9.59 Å². The van der Waals surface area contributed by atoms with Crippen molar-refractivity contribution in [3.63, 3.8) is 0 Å². The molecule has 0 bridgehead atoms. The van der Waals surface area contributed by atoms with Gasteiger partial charge in [-0.05, 0) is 19.8 Å². The molecule has 0 radical (unpaired) electrons. The van der Waals surface area contributed by atoms with E-state index in [1.807, 2.05) is 4.90 Å². The summed E-state index contributed by atoms with van der Waals surface area (Å²) in [7, 11) is 0. The number of anilines is 1. The second-order valence-corrected chi connectivity index (χ2v) is 6.42. The largest absolute Gasteiger partial charge is 0.360 e. The standard InChI is InChI=1S/C16H24N4O3/c1-12-11-14(18-23-12)17-15(21)5-6-19-7-9-20(10-8-19)16(22)13-3-2-4-13/h11,13H,2-10H2,1H3,(H,17,18,21). The van der Waals surface area contributed by atoms with E-state index in [-0.39, 0.29) is 11.8 Å². The first kappa shape index (κ1) is 16.0. The molecule has 0 unspecified atom stereocenters. The van der Waals surface area contributed by atoms with Gasteiger partial charge in [-0.3, -0.25) is 14.5 Å². The van der Waals surface area contributed by atoms with Gasteiger partial charge in [0.2, 0.25) is 11.8 Å². The first-order chi connectivity index (χ1) is 11.1. The van der Waals surface area contributed by atoms with Crippen molar-refractivity contribution in [1.29, 1.82) is 0 Å². The normalized spacial score (nSPS) is 19.4. The van der Waals surface area contributed by atoms with Gasteiger partial charge in [0.15, 0.2) is 5.82 Å². The molecule has 0 atom stereocenters. The Morgan fingerprint density at radius 1 is 1.30 bits per heavy atom. The summed E-state index contributed by atoms with van der Waals surface area (Å²) in [6.45, 7) is 5.73. The maximum atomic E-state index is 12.2. The lowest BCUT2D eigenvalue weighted by Crippen LogP contribution is -2.51. The summed E-state index contributed by atoms with van der Waals surface area (Å²) < 4.78 is 4.91. The van der Waals surface area contributed by atoms with Gasteiger partial charge in [-0.15, -0.1) is 0 Å². The molecule has 0 spiro atoms. The lowest BCUT2D eigenvalue weighted by molar-refractivity contribution is -0.140. The molecule has 7 nitrogen and oxygen atoms in total. The van der Waals surface area contributed by atoms with Crippen molar-refractivity contribution in [1.82, 2.24) is 15.0 Å². The van der Waals surface area contributed by atoms with Crippen LogP contribution in [0.25, 0.3) is 0 Å². The number of aryl methyl sites for hydroxylation is 1. The molecule has 1 N–H and O–H groups in total. The van der Waals surface area contributed by atoms with Crippen molar-refractivity contribution in [3.05, 3.63) is 11.8 Å². The Kier molecular flexibility index (Phi) is 4.95. The fourth-order valence-electron chi connectivity index (χ4n) is 3.00. The third-order valence-corrected chi connectivity index (χ3v) is 4.69. The van der Waals surface area contributed by atoms with Gasteiger partial charge >= 0.3 is 0 Å². The van der Waals surface area contributed by atoms with Gasteiger partial charge in [-0.2, -0.15) is 0 Å². The highest BCUT2D eigenvalue weighted by atomic mass is 16.5. The predicted molar refractivity (Wildman–Crippen MR) is 84.8 cm³/mol. The quantitative estimate of drug-likeness (QED) is 0.883. The van der Waals surface area contributed by atoms with E-state index in [0.717, 1.165) is 39.0 Å². The maximum absolute atomic E-state index is 12.2. The molecule has 3 rings (SSSR count). The molecule has 1 aliphatic heterocycles. The summed E-state index contributed by atoms with van der Waals surface area (Å²) in [4.78, 5) is 28.3. The number of amides is 2. The summed E-state index contributed by atoms with van der Waals surface area (Å²) >= 11 is 0. The van der Waals surface area contributed by atoms with Crippen LogP contribution in [-0.4, -0.2) is 59.5 Å². The number of hydrogen-bond acceptors (Lipinski definition) is 5. The minimum Gasteiger partial charge on any atom is -0.360 e. The fraction of sp³-hybridized carbons (Fsp3) is 0.688. The molecule has 126 valence electrons. The lowest BCUT2D eigenvalue weighted by Gasteiger charge is -2.38. The SMILES string of the molecule is Cc1cc(NC(=O)CCN2CCN(C(=O)C3CCC3)CC2)no1. The highest BCUT2D eigenvalue weighted by molar-refractivity contribution is 5.89. The van der Waals surface area contributed by atoms with Crippen molar-refractivity contribution in [2.75, 3.05) is 38.0 Å². The Morgan fingerprint density at radius 2 is 2.04 bits per heavy atom. The summed E-state index contributed by atoms with van der Waals surface area (Å²) in [5.41, 5.74) is 0. The van der Waals surface area contributed by atoms with Crippen molar-refractivity contribution < 1.29 is 14.1 Å². The Balaban J connectivity index is 1.35. The zero-order valence-corrected chi connectivity index (χ0v) is 13.6. The van der Waals surface area contributed by atoms with Gasteiger partial charge in [0.05, 0.1) is 0 Å². The van der Waals surface area contributed by atoms with E-state index < -0.39 is 0 Å². The monoisotopic (exact) mass is 320 g/mol. The smallest absolute Gasteiger partial charge is 0.226 e. The second kappa shape index (κ2) is 7.12. The highest BCUT2D eigenvalue weighted by Gasteiger charge is 2.31. The van der Waals surface area contributed by atoms with Gasteiger partial charge in [0, 0.05) is 51.1 Å². The minimum atomic E-state index is -0.0636. The summed E-state index contributed by atoms with van der Waals surface area (Å²) in [5, 5.41) is 6.47. The number of carbonyl (C=O) groups excluding carboxylic acids is 2. The van der Waals surface area contributed by atoms with Crippen molar-refractivity contribution >= 4 is 17.6 Å². The van der Waals surface area contributed by atoms with Gasteiger partial charge in [-0.25, -0.2) is 0 Å². The number of nitrogens with zero attached hydrogens (tertiary/aromatic N) is 3. The van der Waals surface area contributed by atoms with E-state index >= 15 is 0 Å². The number of hydrogen-bond donors (Lipinski definition) is 1. The number of carbonyl (C=O) groups is 2. The average Bonchev–Trinajstić information content (AvgIpc) is 2.89. The van der Waals surface area contributed by atoms with Crippen molar-refractivity contribution in [2.24, 2.45) is 5.92 Å². The number of rotatable bonds is 5. The molecule has 2 amide bonds. The van der Waals surface area contributed by atoms with Crippen LogP contribution in [0.2, 0.25) is 0 Å². The molecule has 0 aromatic carbocycles.